The molecule has 1 heterocycles. The van der Waals surface area contributed by atoms with E-state index in [1.54, 1.807) is 24.4 Å². The van der Waals surface area contributed by atoms with Gasteiger partial charge in [-0.3, -0.25) is 4.79 Å². The molecule has 6 heteroatoms. The number of hydrogen-bond donors (Lipinski definition) is 2. The Hall–Kier alpha value is -2.50. The Morgan fingerprint density at radius 1 is 1.35 bits per heavy atom. The smallest absolute Gasteiger partial charge is 0.303 e. The van der Waals surface area contributed by atoms with E-state index in [2.05, 4.69) is 15.3 Å². The lowest BCUT2D eigenvalue weighted by Crippen LogP contribution is -2.32. The fraction of sp³-hybridized carbons (Fsp3) is 0.353. The van der Waals surface area contributed by atoms with E-state index < -0.39 is 11.5 Å². The van der Waals surface area contributed by atoms with E-state index in [9.17, 15) is 9.18 Å². The molecule has 0 aliphatic carbocycles. The number of carboxylic acids is 1. The van der Waals surface area contributed by atoms with Crippen LogP contribution in [0.3, 0.4) is 0 Å². The molecule has 0 aliphatic rings. The maximum atomic E-state index is 14.0. The molecular formula is C17H20FN3O2. The number of nitrogens with one attached hydrogen (secondary N) is 1. The number of aromatic nitrogens is 2. The number of rotatable bonds is 6. The first-order valence-electron chi connectivity index (χ1n) is 7.37. The van der Waals surface area contributed by atoms with Crippen molar-refractivity contribution in [1.29, 1.82) is 0 Å². The molecule has 1 aromatic carbocycles. The van der Waals surface area contributed by atoms with E-state index in [0.717, 1.165) is 5.56 Å². The maximum Gasteiger partial charge on any atom is 0.303 e. The second-order valence-electron chi connectivity index (χ2n) is 6.11. The van der Waals surface area contributed by atoms with Crippen LogP contribution in [0.5, 0.6) is 0 Å². The van der Waals surface area contributed by atoms with Crippen LogP contribution in [0, 0.1) is 12.7 Å². The minimum atomic E-state index is -0.850. The van der Waals surface area contributed by atoms with Crippen molar-refractivity contribution in [1.82, 2.24) is 9.97 Å². The molecule has 5 nitrogen and oxygen atoms in total. The van der Waals surface area contributed by atoms with Gasteiger partial charge in [0, 0.05) is 23.7 Å². The highest BCUT2D eigenvalue weighted by molar-refractivity contribution is 5.67. The van der Waals surface area contributed by atoms with Crippen molar-refractivity contribution in [3.8, 4) is 11.3 Å². The molecule has 122 valence electrons. The van der Waals surface area contributed by atoms with Crippen LogP contribution in [0.15, 0.2) is 30.5 Å². The monoisotopic (exact) mass is 317 g/mol. The largest absolute Gasteiger partial charge is 0.481 e. The van der Waals surface area contributed by atoms with Crippen LogP contribution < -0.4 is 5.32 Å². The number of carbonyl (C=O) groups is 1. The Morgan fingerprint density at radius 3 is 2.70 bits per heavy atom. The zero-order chi connectivity index (χ0) is 17.0. The third-order valence-corrected chi connectivity index (χ3v) is 3.51. The minimum Gasteiger partial charge on any atom is -0.481 e. The molecule has 23 heavy (non-hydrogen) atoms. The van der Waals surface area contributed by atoms with E-state index in [4.69, 9.17) is 5.11 Å². The van der Waals surface area contributed by atoms with Crippen LogP contribution in [0.25, 0.3) is 11.3 Å². The predicted molar refractivity (Wildman–Crippen MR) is 86.7 cm³/mol. The fourth-order valence-electron chi connectivity index (χ4n) is 2.21. The Morgan fingerprint density at radius 2 is 2.04 bits per heavy atom. The number of halogens is 1. The molecule has 0 bridgehead atoms. The first-order chi connectivity index (χ1) is 10.8. The van der Waals surface area contributed by atoms with Gasteiger partial charge in [-0.05, 0) is 44.9 Å². The number of anilines is 1. The summed E-state index contributed by atoms with van der Waals surface area (Å²) in [5, 5.41) is 11.9. The van der Waals surface area contributed by atoms with Gasteiger partial charge in [-0.2, -0.15) is 0 Å². The molecule has 0 saturated heterocycles. The van der Waals surface area contributed by atoms with Gasteiger partial charge in [0.25, 0.3) is 0 Å². The minimum absolute atomic E-state index is 0.0477. The van der Waals surface area contributed by atoms with Crippen LogP contribution in [0.4, 0.5) is 10.3 Å². The number of carboxylic acid groups (broad SMARTS) is 1. The molecule has 0 spiro atoms. The summed E-state index contributed by atoms with van der Waals surface area (Å²) in [4.78, 5) is 19.3. The topological polar surface area (TPSA) is 75.1 Å². The summed E-state index contributed by atoms with van der Waals surface area (Å²) in [6, 6.07) is 6.44. The molecule has 0 atom stereocenters. The first kappa shape index (κ1) is 16.9. The van der Waals surface area contributed by atoms with E-state index in [1.165, 1.54) is 6.07 Å². The van der Waals surface area contributed by atoms with Crippen molar-refractivity contribution >= 4 is 11.9 Å². The molecule has 2 N–H and O–H groups in total. The quantitative estimate of drug-likeness (QED) is 0.850. The van der Waals surface area contributed by atoms with E-state index >= 15 is 0 Å². The van der Waals surface area contributed by atoms with Crippen molar-refractivity contribution in [3.63, 3.8) is 0 Å². The highest BCUT2D eigenvalue weighted by Gasteiger charge is 2.21. The first-order valence-corrected chi connectivity index (χ1v) is 7.37. The Labute approximate surface area is 134 Å². The second kappa shape index (κ2) is 6.73. The van der Waals surface area contributed by atoms with Gasteiger partial charge in [-0.15, -0.1) is 0 Å². The molecular weight excluding hydrogens is 297 g/mol. The Bertz CT molecular complexity index is 717. The number of hydrogen-bond acceptors (Lipinski definition) is 4. The summed E-state index contributed by atoms with van der Waals surface area (Å²) >= 11 is 0. The standard InChI is InChI=1S/C17H20FN3O2/c1-11-10-19-16(21-17(2,3)9-8-14(22)23)20-15(11)12-6-4-5-7-13(12)18/h4-7,10H,8-9H2,1-3H3,(H,22,23)(H,19,20,21). The van der Waals surface area contributed by atoms with Gasteiger partial charge in [-0.25, -0.2) is 14.4 Å². The Kier molecular flexibility index (Phi) is 4.93. The number of nitrogens with zero attached hydrogens (tertiary/aromatic N) is 2. The van der Waals surface area contributed by atoms with E-state index in [1.807, 2.05) is 20.8 Å². The van der Waals surface area contributed by atoms with Crippen LogP contribution in [-0.2, 0) is 4.79 Å². The second-order valence-corrected chi connectivity index (χ2v) is 6.11. The normalized spacial score (nSPS) is 11.3. The molecule has 0 fully saturated rings. The third kappa shape index (κ3) is 4.48. The summed E-state index contributed by atoms with van der Waals surface area (Å²) in [6.07, 6.45) is 2.10. The molecule has 1 aromatic heterocycles. The maximum absolute atomic E-state index is 14.0. The van der Waals surface area contributed by atoms with Crippen molar-refractivity contribution in [2.75, 3.05) is 5.32 Å². The summed E-state index contributed by atoms with van der Waals surface area (Å²) in [7, 11) is 0. The van der Waals surface area contributed by atoms with Crippen LogP contribution in [0.2, 0.25) is 0 Å². The van der Waals surface area contributed by atoms with Crippen LogP contribution >= 0.6 is 0 Å². The van der Waals surface area contributed by atoms with Gasteiger partial charge in [0.1, 0.15) is 5.82 Å². The molecule has 2 aromatic rings. The number of aliphatic carboxylic acids is 1. The third-order valence-electron chi connectivity index (χ3n) is 3.51. The van der Waals surface area contributed by atoms with Gasteiger partial charge in [0.15, 0.2) is 0 Å². The van der Waals surface area contributed by atoms with Crippen LogP contribution in [-0.4, -0.2) is 26.6 Å². The molecule has 0 amide bonds. The molecule has 0 radical (unpaired) electrons. The summed E-state index contributed by atoms with van der Waals surface area (Å²) in [6.45, 7) is 5.57. The van der Waals surface area contributed by atoms with Gasteiger partial charge >= 0.3 is 5.97 Å². The highest BCUT2D eigenvalue weighted by Crippen LogP contribution is 2.25. The van der Waals surface area contributed by atoms with Crippen molar-refractivity contribution in [2.24, 2.45) is 0 Å². The number of aryl methyl sites for hydroxylation is 1. The molecule has 2 rings (SSSR count). The van der Waals surface area contributed by atoms with Crippen molar-refractivity contribution in [3.05, 3.63) is 41.8 Å². The SMILES string of the molecule is Cc1cnc(NC(C)(C)CCC(=O)O)nc1-c1ccccc1F. The van der Waals surface area contributed by atoms with E-state index in [0.29, 0.717) is 23.6 Å². The average Bonchev–Trinajstić information content (AvgIpc) is 2.48. The zero-order valence-corrected chi connectivity index (χ0v) is 13.4. The molecule has 0 aliphatic heterocycles. The van der Waals surface area contributed by atoms with Crippen molar-refractivity contribution < 1.29 is 14.3 Å². The summed E-state index contributed by atoms with van der Waals surface area (Å²) in [5.74, 6) is -0.841. The van der Waals surface area contributed by atoms with Crippen LogP contribution in [0.1, 0.15) is 32.3 Å². The van der Waals surface area contributed by atoms with Gasteiger partial charge in [0.2, 0.25) is 5.95 Å². The Balaban J connectivity index is 2.27. The van der Waals surface area contributed by atoms with Crippen molar-refractivity contribution in [2.45, 2.75) is 39.2 Å². The van der Waals surface area contributed by atoms with Gasteiger partial charge < -0.3 is 10.4 Å². The summed E-state index contributed by atoms with van der Waals surface area (Å²) in [5.41, 5.74) is 1.22. The highest BCUT2D eigenvalue weighted by atomic mass is 19.1. The lowest BCUT2D eigenvalue weighted by Gasteiger charge is -2.26. The average molecular weight is 317 g/mol. The molecule has 0 saturated carbocycles. The zero-order valence-electron chi connectivity index (χ0n) is 13.4. The number of benzene rings is 1. The van der Waals surface area contributed by atoms with Gasteiger partial charge in [-0.1, -0.05) is 12.1 Å². The predicted octanol–water partition coefficient (Wildman–Crippen LogP) is 3.65. The summed E-state index contributed by atoms with van der Waals surface area (Å²) < 4.78 is 14.0. The fourth-order valence-corrected chi connectivity index (χ4v) is 2.21. The van der Waals surface area contributed by atoms with Gasteiger partial charge in [0.05, 0.1) is 5.69 Å². The lowest BCUT2D eigenvalue weighted by atomic mass is 9.99. The van der Waals surface area contributed by atoms with E-state index in [-0.39, 0.29) is 12.2 Å². The lowest BCUT2D eigenvalue weighted by molar-refractivity contribution is -0.137. The molecule has 0 unspecified atom stereocenters.